The molecule has 0 unspecified atom stereocenters. The third-order valence-corrected chi connectivity index (χ3v) is 3.90. The van der Waals surface area contributed by atoms with Crippen molar-refractivity contribution in [1.82, 2.24) is 24.6 Å². The van der Waals surface area contributed by atoms with Crippen LogP contribution in [0.5, 0.6) is 0 Å². The van der Waals surface area contributed by atoms with Crippen LogP contribution < -0.4 is 5.56 Å². The van der Waals surface area contributed by atoms with Crippen LogP contribution in [0.15, 0.2) is 23.1 Å². The number of aromatic nitrogens is 4. The van der Waals surface area contributed by atoms with Crippen LogP contribution in [0.4, 0.5) is 0 Å². The Morgan fingerprint density at radius 2 is 2.23 bits per heavy atom. The molecule has 1 aliphatic rings. The first-order chi connectivity index (χ1) is 10.5. The lowest BCUT2D eigenvalue weighted by Gasteiger charge is -2.23. The Morgan fingerprint density at radius 3 is 2.95 bits per heavy atom. The number of rotatable bonds is 3. The Balaban J connectivity index is 1.79. The molecule has 0 bridgehead atoms. The van der Waals surface area contributed by atoms with Crippen LogP contribution in [-0.2, 0) is 11.3 Å². The predicted octanol–water partition coefficient (Wildman–Crippen LogP) is 0.947. The van der Waals surface area contributed by atoms with Gasteiger partial charge in [0.2, 0.25) is 5.91 Å². The maximum atomic E-state index is 12.6. The van der Waals surface area contributed by atoms with E-state index >= 15 is 0 Å². The van der Waals surface area contributed by atoms with Crippen LogP contribution >= 0.6 is 0 Å². The standard InChI is InChI=1S/C15H19N5O2/c1-10-5-6-13(21)20(18-10)9-14(22)19-7-3-4-12(19)15-16-8-11(2)17-15/h5-6,8,12H,3-4,7,9H2,1-2H3,(H,16,17)/t12-/m1/s1. The number of amides is 1. The van der Waals surface area contributed by atoms with Gasteiger partial charge in [0, 0.05) is 24.5 Å². The highest BCUT2D eigenvalue weighted by Gasteiger charge is 2.32. The summed E-state index contributed by atoms with van der Waals surface area (Å²) >= 11 is 0. The summed E-state index contributed by atoms with van der Waals surface area (Å²) in [4.78, 5) is 33.7. The summed E-state index contributed by atoms with van der Waals surface area (Å²) in [5.74, 6) is 0.713. The zero-order chi connectivity index (χ0) is 15.7. The lowest BCUT2D eigenvalue weighted by Crippen LogP contribution is -2.37. The van der Waals surface area contributed by atoms with Crippen LogP contribution in [0.25, 0.3) is 0 Å². The lowest BCUT2D eigenvalue weighted by atomic mass is 10.2. The van der Waals surface area contributed by atoms with Gasteiger partial charge in [-0.25, -0.2) is 9.67 Å². The van der Waals surface area contributed by atoms with E-state index in [4.69, 9.17) is 0 Å². The summed E-state index contributed by atoms with van der Waals surface area (Å²) < 4.78 is 1.22. The van der Waals surface area contributed by atoms with E-state index in [1.165, 1.54) is 10.7 Å². The molecule has 0 aliphatic carbocycles. The molecule has 1 atom stereocenters. The molecule has 1 N–H and O–H groups in total. The highest BCUT2D eigenvalue weighted by molar-refractivity contribution is 5.76. The molecule has 1 aliphatic heterocycles. The van der Waals surface area contributed by atoms with Gasteiger partial charge < -0.3 is 9.88 Å². The molecular weight excluding hydrogens is 282 g/mol. The maximum Gasteiger partial charge on any atom is 0.267 e. The van der Waals surface area contributed by atoms with Crippen molar-refractivity contribution in [2.75, 3.05) is 6.54 Å². The fourth-order valence-electron chi connectivity index (χ4n) is 2.83. The Kier molecular flexibility index (Phi) is 3.79. The number of nitrogens with one attached hydrogen (secondary N) is 1. The second-order valence-corrected chi connectivity index (χ2v) is 5.67. The van der Waals surface area contributed by atoms with E-state index in [1.54, 1.807) is 24.1 Å². The number of carbonyl (C=O) groups excluding carboxylic acids is 1. The number of likely N-dealkylation sites (tertiary alicyclic amines) is 1. The molecule has 3 heterocycles. The van der Waals surface area contributed by atoms with E-state index in [1.807, 2.05) is 6.92 Å². The van der Waals surface area contributed by atoms with Gasteiger partial charge in [-0.3, -0.25) is 9.59 Å². The molecular formula is C15H19N5O2. The summed E-state index contributed by atoms with van der Waals surface area (Å²) in [5.41, 5.74) is 1.43. The Bertz CT molecular complexity index is 748. The summed E-state index contributed by atoms with van der Waals surface area (Å²) in [7, 11) is 0. The first-order valence-electron chi connectivity index (χ1n) is 7.40. The van der Waals surface area contributed by atoms with Crippen molar-refractivity contribution in [2.24, 2.45) is 0 Å². The Labute approximate surface area is 128 Å². The molecule has 2 aromatic heterocycles. The smallest absolute Gasteiger partial charge is 0.267 e. The third kappa shape index (κ3) is 2.79. The van der Waals surface area contributed by atoms with E-state index in [0.29, 0.717) is 12.2 Å². The van der Waals surface area contributed by atoms with Crippen LogP contribution in [0.2, 0.25) is 0 Å². The minimum absolute atomic E-state index is 0.0310. The van der Waals surface area contributed by atoms with Crippen molar-refractivity contribution in [3.8, 4) is 0 Å². The van der Waals surface area contributed by atoms with Gasteiger partial charge in [0.1, 0.15) is 12.4 Å². The minimum atomic E-state index is -0.261. The van der Waals surface area contributed by atoms with Gasteiger partial charge in [0.25, 0.3) is 5.56 Å². The van der Waals surface area contributed by atoms with Crippen molar-refractivity contribution in [3.63, 3.8) is 0 Å². The first-order valence-corrected chi connectivity index (χ1v) is 7.40. The second-order valence-electron chi connectivity index (χ2n) is 5.67. The van der Waals surface area contributed by atoms with Crippen LogP contribution in [0.1, 0.15) is 36.1 Å². The third-order valence-electron chi connectivity index (χ3n) is 3.90. The lowest BCUT2D eigenvalue weighted by molar-refractivity contribution is -0.133. The fourth-order valence-corrected chi connectivity index (χ4v) is 2.83. The quantitative estimate of drug-likeness (QED) is 0.914. The molecule has 2 aromatic rings. The molecule has 1 fully saturated rings. The molecule has 0 radical (unpaired) electrons. The van der Waals surface area contributed by atoms with Gasteiger partial charge in [-0.2, -0.15) is 5.10 Å². The van der Waals surface area contributed by atoms with E-state index < -0.39 is 0 Å². The summed E-state index contributed by atoms with van der Waals surface area (Å²) in [6, 6.07) is 3.04. The minimum Gasteiger partial charge on any atom is -0.344 e. The van der Waals surface area contributed by atoms with Crippen molar-refractivity contribution < 1.29 is 4.79 Å². The van der Waals surface area contributed by atoms with E-state index in [2.05, 4.69) is 15.1 Å². The molecule has 0 aromatic carbocycles. The number of imidazole rings is 1. The molecule has 116 valence electrons. The molecule has 3 rings (SSSR count). The molecule has 1 saturated heterocycles. The highest BCUT2D eigenvalue weighted by Crippen LogP contribution is 2.30. The number of H-pyrrole nitrogens is 1. The first kappa shape index (κ1) is 14.5. The van der Waals surface area contributed by atoms with E-state index in [-0.39, 0.29) is 24.1 Å². The summed E-state index contributed by atoms with van der Waals surface area (Å²) in [6.07, 6.45) is 3.59. The normalized spacial score (nSPS) is 17.9. The topological polar surface area (TPSA) is 83.9 Å². The Morgan fingerprint density at radius 1 is 1.41 bits per heavy atom. The maximum absolute atomic E-state index is 12.6. The zero-order valence-electron chi connectivity index (χ0n) is 12.7. The van der Waals surface area contributed by atoms with Crippen LogP contribution in [0, 0.1) is 13.8 Å². The average Bonchev–Trinajstić information content (AvgIpc) is 3.11. The van der Waals surface area contributed by atoms with Crippen LogP contribution in [0.3, 0.4) is 0 Å². The molecule has 0 spiro atoms. The van der Waals surface area contributed by atoms with Crippen molar-refractivity contribution in [3.05, 3.63) is 45.9 Å². The van der Waals surface area contributed by atoms with E-state index in [9.17, 15) is 9.59 Å². The van der Waals surface area contributed by atoms with Gasteiger partial charge >= 0.3 is 0 Å². The monoisotopic (exact) mass is 301 g/mol. The highest BCUT2D eigenvalue weighted by atomic mass is 16.2. The number of hydrogen-bond acceptors (Lipinski definition) is 4. The number of hydrogen-bond donors (Lipinski definition) is 1. The van der Waals surface area contributed by atoms with Crippen LogP contribution in [-0.4, -0.2) is 37.1 Å². The summed E-state index contributed by atoms with van der Waals surface area (Å²) in [6.45, 7) is 4.39. The Hall–Kier alpha value is -2.44. The van der Waals surface area contributed by atoms with Gasteiger partial charge in [0.15, 0.2) is 0 Å². The average molecular weight is 301 g/mol. The van der Waals surface area contributed by atoms with Crippen molar-refractivity contribution in [1.29, 1.82) is 0 Å². The zero-order valence-corrected chi connectivity index (χ0v) is 12.7. The molecule has 1 amide bonds. The molecule has 22 heavy (non-hydrogen) atoms. The molecule has 7 nitrogen and oxygen atoms in total. The fraction of sp³-hybridized carbons (Fsp3) is 0.467. The number of nitrogens with zero attached hydrogens (tertiary/aromatic N) is 4. The van der Waals surface area contributed by atoms with E-state index in [0.717, 1.165) is 24.4 Å². The van der Waals surface area contributed by atoms with Crippen molar-refractivity contribution in [2.45, 2.75) is 39.3 Å². The van der Waals surface area contributed by atoms with Crippen molar-refractivity contribution >= 4 is 5.91 Å². The number of carbonyl (C=O) groups is 1. The predicted molar refractivity (Wildman–Crippen MR) is 80.2 cm³/mol. The molecule has 0 saturated carbocycles. The molecule has 7 heteroatoms. The number of aromatic amines is 1. The van der Waals surface area contributed by atoms with Gasteiger partial charge in [-0.15, -0.1) is 0 Å². The van der Waals surface area contributed by atoms with Gasteiger partial charge in [-0.05, 0) is 32.8 Å². The van der Waals surface area contributed by atoms with Gasteiger partial charge in [0.05, 0.1) is 11.7 Å². The number of aryl methyl sites for hydroxylation is 2. The van der Waals surface area contributed by atoms with Gasteiger partial charge in [-0.1, -0.05) is 0 Å². The summed E-state index contributed by atoms with van der Waals surface area (Å²) in [5, 5.41) is 4.12. The largest absolute Gasteiger partial charge is 0.344 e. The SMILES string of the molecule is Cc1ccc(=O)n(CC(=O)N2CCC[C@@H]2c2ncc(C)[nH]2)n1. The second kappa shape index (κ2) is 5.75.